The van der Waals surface area contributed by atoms with Crippen molar-refractivity contribution in [3.63, 3.8) is 0 Å². The van der Waals surface area contributed by atoms with Gasteiger partial charge in [-0.25, -0.2) is 4.79 Å². The molecule has 0 bridgehead atoms. The van der Waals surface area contributed by atoms with Gasteiger partial charge >= 0.3 is 12.0 Å². The molecule has 122 valence electrons. The zero-order valence-corrected chi connectivity index (χ0v) is 13.8. The summed E-state index contributed by atoms with van der Waals surface area (Å²) in [7, 11) is 0. The molecular weight excluding hydrogens is 268 g/mol. The average Bonchev–Trinajstić information content (AvgIpc) is 2.95. The Kier molecular flexibility index (Phi) is 6.49. The molecule has 0 aliphatic heterocycles. The number of nitrogens with zero attached hydrogens (tertiary/aromatic N) is 1. The van der Waals surface area contributed by atoms with E-state index >= 15 is 0 Å². The average molecular weight is 298 g/mol. The van der Waals surface area contributed by atoms with E-state index in [-0.39, 0.29) is 12.6 Å². The fraction of sp³-hybridized carbons (Fsp3) is 0.875. The lowest BCUT2D eigenvalue weighted by molar-refractivity contribution is -0.147. The largest absolute Gasteiger partial charge is 0.481 e. The Hall–Kier alpha value is -1.26. The summed E-state index contributed by atoms with van der Waals surface area (Å²) in [5, 5.41) is 12.1. The Morgan fingerprint density at radius 1 is 1.33 bits per heavy atom. The summed E-state index contributed by atoms with van der Waals surface area (Å²) in [6.45, 7) is 8.62. The molecule has 21 heavy (non-hydrogen) atoms. The van der Waals surface area contributed by atoms with E-state index in [0.29, 0.717) is 18.4 Å². The summed E-state index contributed by atoms with van der Waals surface area (Å²) in [6.07, 6.45) is 4.97. The Morgan fingerprint density at radius 3 is 2.33 bits per heavy atom. The molecule has 0 aromatic rings. The topological polar surface area (TPSA) is 69.6 Å². The van der Waals surface area contributed by atoms with E-state index in [9.17, 15) is 14.7 Å². The minimum atomic E-state index is -0.894. The monoisotopic (exact) mass is 298 g/mol. The summed E-state index contributed by atoms with van der Waals surface area (Å²) < 4.78 is 0. The predicted molar refractivity (Wildman–Crippen MR) is 83.2 cm³/mol. The molecule has 2 N–H and O–H groups in total. The van der Waals surface area contributed by atoms with Crippen molar-refractivity contribution in [1.29, 1.82) is 0 Å². The van der Waals surface area contributed by atoms with Crippen LogP contribution in [0.5, 0.6) is 0 Å². The number of rotatable bonds is 7. The maximum atomic E-state index is 12.5. The van der Waals surface area contributed by atoms with Crippen molar-refractivity contribution in [3.8, 4) is 0 Å². The third-order valence-electron chi connectivity index (χ3n) is 4.51. The van der Waals surface area contributed by atoms with E-state index in [1.54, 1.807) is 6.92 Å². The van der Waals surface area contributed by atoms with Crippen LogP contribution in [0.3, 0.4) is 0 Å². The lowest BCUT2D eigenvalue weighted by atomic mass is 9.88. The third kappa shape index (κ3) is 4.90. The number of hydrogen-bond donors (Lipinski definition) is 2. The normalized spacial score (nSPS) is 18.5. The van der Waals surface area contributed by atoms with E-state index in [4.69, 9.17) is 0 Å². The van der Waals surface area contributed by atoms with Gasteiger partial charge in [0.05, 0.1) is 5.41 Å². The van der Waals surface area contributed by atoms with Gasteiger partial charge in [0.15, 0.2) is 0 Å². The Morgan fingerprint density at radius 2 is 1.90 bits per heavy atom. The van der Waals surface area contributed by atoms with Crippen LogP contribution in [0, 0.1) is 11.3 Å². The van der Waals surface area contributed by atoms with Crippen molar-refractivity contribution in [2.75, 3.05) is 13.1 Å². The van der Waals surface area contributed by atoms with Crippen LogP contribution in [-0.4, -0.2) is 41.1 Å². The molecule has 0 saturated heterocycles. The number of nitrogens with one attached hydrogen (secondary N) is 1. The first-order valence-electron chi connectivity index (χ1n) is 8.08. The van der Waals surface area contributed by atoms with Gasteiger partial charge in [-0.1, -0.05) is 33.6 Å². The lowest BCUT2D eigenvalue weighted by Crippen LogP contribution is -2.50. The zero-order valence-electron chi connectivity index (χ0n) is 13.8. The molecule has 1 unspecified atom stereocenters. The second-order valence-corrected chi connectivity index (χ2v) is 6.86. The summed E-state index contributed by atoms with van der Waals surface area (Å²) in [4.78, 5) is 25.7. The molecular formula is C16H30N2O3. The number of carbonyl (C=O) groups excluding carboxylic acids is 1. The second kappa shape index (κ2) is 7.66. The van der Waals surface area contributed by atoms with Crippen LogP contribution in [0.1, 0.15) is 59.8 Å². The van der Waals surface area contributed by atoms with Gasteiger partial charge in [-0.2, -0.15) is 0 Å². The first-order chi connectivity index (χ1) is 9.80. The van der Waals surface area contributed by atoms with E-state index in [1.807, 2.05) is 11.8 Å². The van der Waals surface area contributed by atoms with E-state index in [2.05, 4.69) is 19.2 Å². The fourth-order valence-electron chi connectivity index (χ4n) is 2.73. The molecule has 0 aromatic carbocycles. The predicted octanol–water partition coefficient (Wildman–Crippen LogP) is 3.10. The molecule has 1 rings (SSSR count). The van der Waals surface area contributed by atoms with Gasteiger partial charge in [0.25, 0.3) is 0 Å². The van der Waals surface area contributed by atoms with Crippen molar-refractivity contribution in [1.82, 2.24) is 10.2 Å². The van der Waals surface area contributed by atoms with Crippen molar-refractivity contribution in [2.24, 2.45) is 11.3 Å². The summed E-state index contributed by atoms with van der Waals surface area (Å²) >= 11 is 0. The first kappa shape index (κ1) is 17.8. The van der Waals surface area contributed by atoms with Crippen molar-refractivity contribution in [2.45, 2.75) is 65.8 Å². The lowest BCUT2D eigenvalue weighted by Gasteiger charge is -2.32. The molecule has 0 heterocycles. The van der Waals surface area contributed by atoms with Crippen LogP contribution in [0.15, 0.2) is 0 Å². The molecule has 1 aliphatic carbocycles. The number of carboxylic acid groups (broad SMARTS) is 1. The molecule has 1 atom stereocenters. The fourth-order valence-corrected chi connectivity index (χ4v) is 2.73. The molecule has 1 saturated carbocycles. The van der Waals surface area contributed by atoms with Gasteiger partial charge in [0.2, 0.25) is 0 Å². The maximum Gasteiger partial charge on any atom is 0.317 e. The van der Waals surface area contributed by atoms with Crippen molar-refractivity contribution < 1.29 is 14.7 Å². The SMILES string of the molecule is CCC(C)(CNC(=O)N(CC(C)C)C1CCCC1)C(=O)O. The molecule has 1 fully saturated rings. The van der Waals surface area contributed by atoms with E-state index < -0.39 is 11.4 Å². The highest BCUT2D eigenvalue weighted by Gasteiger charge is 2.33. The molecule has 1 aliphatic rings. The smallest absolute Gasteiger partial charge is 0.317 e. The van der Waals surface area contributed by atoms with Crippen LogP contribution in [-0.2, 0) is 4.79 Å². The Balaban J connectivity index is 2.65. The van der Waals surface area contributed by atoms with Gasteiger partial charge in [0, 0.05) is 19.1 Å². The highest BCUT2D eigenvalue weighted by Crippen LogP contribution is 2.25. The van der Waals surface area contributed by atoms with Crippen LogP contribution < -0.4 is 5.32 Å². The van der Waals surface area contributed by atoms with Gasteiger partial charge in [-0.15, -0.1) is 0 Å². The highest BCUT2D eigenvalue weighted by atomic mass is 16.4. The number of aliphatic carboxylic acids is 1. The second-order valence-electron chi connectivity index (χ2n) is 6.86. The summed E-state index contributed by atoms with van der Waals surface area (Å²) in [6, 6.07) is 0.196. The number of amides is 2. The summed E-state index contributed by atoms with van der Waals surface area (Å²) in [5.41, 5.74) is -0.894. The minimum Gasteiger partial charge on any atom is -0.481 e. The molecule has 0 spiro atoms. The molecule has 0 radical (unpaired) electrons. The molecule has 2 amide bonds. The van der Waals surface area contributed by atoms with E-state index in [0.717, 1.165) is 19.4 Å². The van der Waals surface area contributed by atoms with Crippen LogP contribution >= 0.6 is 0 Å². The van der Waals surface area contributed by atoms with Crippen LogP contribution in [0.4, 0.5) is 4.79 Å². The van der Waals surface area contributed by atoms with Crippen LogP contribution in [0.25, 0.3) is 0 Å². The number of urea groups is 1. The van der Waals surface area contributed by atoms with Crippen molar-refractivity contribution in [3.05, 3.63) is 0 Å². The minimum absolute atomic E-state index is 0.114. The first-order valence-corrected chi connectivity index (χ1v) is 8.08. The van der Waals surface area contributed by atoms with Gasteiger partial charge in [0.1, 0.15) is 0 Å². The Labute approximate surface area is 128 Å². The van der Waals surface area contributed by atoms with E-state index in [1.165, 1.54) is 12.8 Å². The number of carboxylic acids is 1. The van der Waals surface area contributed by atoms with Crippen molar-refractivity contribution >= 4 is 12.0 Å². The maximum absolute atomic E-state index is 12.5. The third-order valence-corrected chi connectivity index (χ3v) is 4.51. The van der Waals surface area contributed by atoms with Gasteiger partial charge in [-0.3, -0.25) is 4.79 Å². The van der Waals surface area contributed by atoms with Crippen LogP contribution in [0.2, 0.25) is 0 Å². The highest BCUT2D eigenvalue weighted by molar-refractivity contribution is 5.78. The molecule has 5 heteroatoms. The Bertz CT molecular complexity index is 365. The zero-order chi connectivity index (χ0) is 16.0. The number of hydrogen-bond acceptors (Lipinski definition) is 2. The quantitative estimate of drug-likeness (QED) is 0.759. The van der Waals surface area contributed by atoms with Gasteiger partial charge in [-0.05, 0) is 32.1 Å². The molecule has 0 aromatic heterocycles. The standard InChI is InChI=1S/C16H30N2O3/c1-5-16(4,14(19)20)11-17-15(21)18(10-12(2)3)13-8-6-7-9-13/h12-13H,5-11H2,1-4H3,(H,17,21)(H,19,20). The van der Waals surface area contributed by atoms with Gasteiger partial charge < -0.3 is 15.3 Å². The molecule has 5 nitrogen and oxygen atoms in total. The number of carbonyl (C=O) groups is 2. The summed E-state index contributed by atoms with van der Waals surface area (Å²) in [5.74, 6) is -0.449.